The fourth-order valence-corrected chi connectivity index (χ4v) is 24.1. The summed E-state index contributed by atoms with van der Waals surface area (Å²) in [5.74, 6) is -1.90. The molecule has 0 nitrogen and oxygen atoms in total. The molecule has 0 heterocycles. The number of hydrogen-bond donors (Lipinski definition) is 0. The Balaban J connectivity index is 2.27. The molecule has 3 aromatic carbocycles. The van der Waals surface area contributed by atoms with Crippen molar-refractivity contribution >= 4 is 61.3 Å². The van der Waals surface area contributed by atoms with Crippen LogP contribution in [0.25, 0.3) is 0 Å². The van der Waals surface area contributed by atoms with E-state index in [0.717, 1.165) is 0 Å². The van der Waals surface area contributed by atoms with Crippen molar-refractivity contribution in [3.8, 4) is 0 Å². The zero-order chi connectivity index (χ0) is 33.2. The van der Waals surface area contributed by atoms with Gasteiger partial charge in [0, 0.05) is 0 Å². The molecular formula is C39H58Si4Ti. The summed E-state index contributed by atoms with van der Waals surface area (Å²) >= 11 is -0.572. The van der Waals surface area contributed by atoms with E-state index in [0.29, 0.717) is 5.92 Å². The first kappa shape index (κ1) is 35.6. The van der Waals surface area contributed by atoms with Crippen LogP contribution in [0.4, 0.5) is 0 Å². The summed E-state index contributed by atoms with van der Waals surface area (Å²) in [6.07, 6.45) is 0. The Morgan fingerprint density at radius 3 is 0.977 bits per heavy atom. The molecule has 0 saturated heterocycles. The molecule has 1 aliphatic rings. The minimum atomic E-state index is -2.45. The monoisotopic (exact) mass is 686 g/mol. The molecule has 5 heteroatoms. The number of allylic oxidation sites excluding steroid dienone is 4. The first-order chi connectivity index (χ1) is 20.1. The van der Waals surface area contributed by atoms with Gasteiger partial charge in [-0.1, -0.05) is 0 Å². The fraction of sp³-hybridized carbons (Fsp3) is 0.436. The molecule has 0 bridgehead atoms. The van der Waals surface area contributed by atoms with E-state index in [-0.39, 0.29) is 0 Å². The molecule has 0 saturated carbocycles. The van der Waals surface area contributed by atoms with Crippen molar-refractivity contribution in [3.05, 3.63) is 91.9 Å². The van der Waals surface area contributed by atoms with Gasteiger partial charge in [0.2, 0.25) is 0 Å². The molecule has 44 heavy (non-hydrogen) atoms. The zero-order valence-corrected chi connectivity index (χ0v) is 36.3. The fourth-order valence-electron chi connectivity index (χ4n) is 6.78. The number of aryl methyl sites for hydroxylation is 3. The molecule has 1 aliphatic carbocycles. The third-order valence-corrected chi connectivity index (χ3v) is 28.6. The summed E-state index contributed by atoms with van der Waals surface area (Å²) in [5, 5.41) is 9.85. The first-order valence-corrected chi connectivity index (χ1v) is 32.2. The number of hydrogen-bond acceptors (Lipinski definition) is 0. The molecule has 0 aromatic heterocycles. The van der Waals surface area contributed by atoms with Crippen LogP contribution in [-0.4, -0.2) is 30.2 Å². The number of rotatable bonds is 8. The van der Waals surface area contributed by atoms with Gasteiger partial charge in [-0.25, -0.2) is 0 Å². The summed E-state index contributed by atoms with van der Waals surface area (Å²) in [6, 6.07) is 23.6. The van der Waals surface area contributed by atoms with E-state index in [1.165, 1.54) is 16.7 Å². The molecule has 0 aliphatic heterocycles. The van der Waals surface area contributed by atoms with Gasteiger partial charge in [-0.15, -0.1) is 0 Å². The second kappa shape index (κ2) is 12.4. The Kier molecular flexibility index (Phi) is 10.0. The van der Waals surface area contributed by atoms with Crippen LogP contribution in [-0.2, 0) is 18.4 Å². The van der Waals surface area contributed by atoms with Crippen LogP contribution in [0.15, 0.2) is 75.2 Å². The predicted molar refractivity (Wildman–Crippen MR) is 207 cm³/mol. The molecule has 0 radical (unpaired) electrons. The first-order valence-electron chi connectivity index (χ1n) is 16.6. The molecule has 234 valence electrons. The molecule has 0 N–H and O–H groups in total. The van der Waals surface area contributed by atoms with Gasteiger partial charge in [-0.3, -0.25) is 0 Å². The van der Waals surface area contributed by atoms with Crippen LogP contribution < -0.4 is 31.1 Å². The van der Waals surface area contributed by atoms with Crippen molar-refractivity contribution in [2.45, 2.75) is 107 Å². The predicted octanol–water partition coefficient (Wildman–Crippen LogP) is 7.56. The third-order valence-electron chi connectivity index (χ3n) is 10.1. The summed E-state index contributed by atoms with van der Waals surface area (Å²) in [4.78, 5) is 0. The van der Waals surface area contributed by atoms with E-state index in [1.54, 1.807) is 51.7 Å². The SMILES string of the molecule is CC1=C(C)C(C)[C]([Ti][Si](c2cc(C)cc([Si](C)(C)C)c2)(c2cc(C)cc([Si](C)(C)C)c2)c2cc(C)cc([Si](C)(C)C)c2)=C1C. The van der Waals surface area contributed by atoms with E-state index >= 15 is 0 Å². The van der Waals surface area contributed by atoms with E-state index < -0.39 is 48.6 Å². The van der Waals surface area contributed by atoms with Crippen molar-refractivity contribution in [3.63, 3.8) is 0 Å². The summed E-state index contributed by atoms with van der Waals surface area (Å²) < 4.78 is 1.80. The van der Waals surface area contributed by atoms with Crippen molar-refractivity contribution < 1.29 is 18.4 Å². The topological polar surface area (TPSA) is 0 Å². The quantitative estimate of drug-likeness (QED) is 0.170. The van der Waals surface area contributed by atoms with Crippen LogP contribution >= 0.6 is 0 Å². The van der Waals surface area contributed by atoms with E-state index in [4.69, 9.17) is 0 Å². The Bertz CT molecular complexity index is 1500. The van der Waals surface area contributed by atoms with Crippen LogP contribution in [0.2, 0.25) is 58.9 Å². The van der Waals surface area contributed by atoms with Gasteiger partial charge in [0.05, 0.1) is 0 Å². The standard InChI is InChI=1S/C30H45Si4.C9H13.Ti/c1-22-13-25(19-28(16-22)32(4,5)6)31(26-14-23(2)17-29(20-26)33(7,8)9)27-15-24(3)18-30(21-27)34(10,11)12;1-6-5-7(2)9(4)8(6)3;/h13-21H,1-12H3;6H,1-4H3;. The Hall–Kier alpha value is -1.28. The van der Waals surface area contributed by atoms with Gasteiger partial charge in [0.15, 0.2) is 0 Å². The second-order valence-electron chi connectivity index (χ2n) is 17.0. The van der Waals surface area contributed by atoms with E-state index in [9.17, 15) is 0 Å². The van der Waals surface area contributed by atoms with Crippen LogP contribution in [0, 0.1) is 26.7 Å². The van der Waals surface area contributed by atoms with Gasteiger partial charge >= 0.3 is 285 Å². The molecule has 1 atom stereocenters. The van der Waals surface area contributed by atoms with E-state index in [2.05, 4.69) is 162 Å². The summed E-state index contributed by atoms with van der Waals surface area (Å²) in [5.41, 5.74) is 9.06. The Morgan fingerprint density at radius 2 is 0.727 bits per heavy atom. The van der Waals surface area contributed by atoms with Crippen LogP contribution in [0.3, 0.4) is 0 Å². The van der Waals surface area contributed by atoms with Crippen molar-refractivity contribution in [1.29, 1.82) is 0 Å². The second-order valence-corrected chi connectivity index (χ2v) is 41.2. The normalized spacial score (nSPS) is 16.7. The maximum absolute atomic E-state index is 2.73. The Labute approximate surface area is 283 Å². The van der Waals surface area contributed by atoms with Gasteiger partial charge in [-0.2, -0.15) is 0 Å². The molecule has 4 rings (SSSR count). The van der Waals surface area contributed by atoms with Gasteiger partial charge in [0.25, 0.3) is 0 Å². The third kappa shape index (κ3) is 7.01. The van der Waals surface area contributed by atoms with Crippen molar-refractivity contribution in [2.75, 3.05) is 0 Å². The minimum absolute atomic E-state index is 0.547. The zero-order valence-electron chi connectivity index (χ0n) is 30.8. The van der Waals surface area contributed by atoms with Gasteiger partial charge in [0.1, 0.15) is 0 Å². The number of benzene rings is 3. The molecule has 3 aromatic rings. The molecule has 0 fully saturated rings. The maximum atomic E-state index is 2.73. The average molecular weight is 687 g/mol. The Morgan fingerprint density at radius 1 is 0.432 bits per heavy atom. The molecule has 0 spiro atoms. The summed E-state index contributed by atoms with van der Waals surface area (Å²) in [7, 11) is -4.63. The average Bonchev–Trinajstić information content (AvgIpc) is 3.06. The molecule has 0 amide bonds. The van der Waals surface area contributed by atoms with E-state index in [1.807, 2.05) is 0 Å². The molecule has 1 unspecified atom stereocenters. The van der Waals surface area contributed by atoms with Crippen molar-refractivity contribution in [1.82, 2.24) is 0 Å². The van der Waals surface area contributed by atoms with Gasteiger partial charge < -0.3 is 0 Å². The van der Waals surface area contributed by atoms with Crippen LogP contribution in [0.5, 0.6) is 0 Å². The molecular weight excluding hydrogens is 629 g/mol. The summed E-state index contributed by atoms with van der Waals surface area (Å²) in [6.45, 7) is 39.5. The van der Waals surface area contributed by atoms with Crippen molar-refractivity contribution in [2.24, 2.45) is 5.92 Å². The van der Waals surface area contributed by atoms with Crippen LogP contribution in [0.1, 0.15) is 44.4 Å². The van der Waals surface area contributed by atoms with Gasteiger partial charge in [-0.05, 0) is 0 Å².